The second-order valence-corrected chi connectivity index (χ2v) is 3.59. The zero-order valence-electron chi connectivity index (χ0n) is 10.0. The van der Waals surface area contributed by atoms with Gasteiger partial charge in [-0.15, -0.1) is 0 Å². The molecule has 0 bridgehead atoms. The van der Waals surface area contributed by atoms with Gasteiger partial charge >= 0.3 is 0 Å². The molecule has 0 aliphatic heterocycles. The number of hydrogen-bond acceptors (Lipinski definition) is 2. The number of hydrogen-bond donors (Lipinski definition) is 0. The van der Waals surface area contributed by atoms with Gasteiger partial charge in [0.25, 0.3) is 0 Å². The van der Waals surface area contributed by atoms with Gasteiger partial charge in [-0.2, -0.15) is 0 Å². The van der Waals surface area contributed by atoms with Gasteiger partial charge < -0.3 is 9.47 Å². The average Bonchev–Trinajstić information content (AvgIpc) is 2.30. The summed E-state index contributed by atoms with van der Waals surface area (Å²) in [6, 6.07) is 15.5. The Morgan fingerprint density at radius 3 is 2.06 bits per heavy atom. The number of aryl methyl sites for hydroxylation is 1. The largest absolute Gasteiger partial charge is 0.497 e. The predicted molar refractivity (Wildman–Crippen MR) is 64.2 cm³/mol. The fraction of sp³-hybridized carbons (Fsp3) is 0.143. The summed E-state index contributed by atoms with van der Waals surface area (Å²) in [4.78, 5) is 0. The molecule has 2 rings (SSSR count). The summed E-state index contributed by atoms with van der Waals surface area (Å²) < 4.78 is 10.8. The van der Waals surface area contributed by atoms with Crippen molar-refractivity contribution in [2.45, 2.75) is 6.92 Å². The SMILES string of the molecule is COc1ccc(Oc2cccc(C)c2)cc1.[Y]. The van der Waals surface area contributed by atoms with Crippen molar-refractivity contribution >= 4 is 0 Å². The van der Waals surface area contributed by atoms with Crippen LogP contribution in [0.2, 0.25) is 0 Å². The van der Waals surface area contributed by atoms with E-state index >= 15 is 0 Å². The number of ether oxygens (including phenoxy) is 2. The maximum atomic E-state index is 5.70. The third kappa shape index (κ3) is 4.14. The molecule has 0 unspecified atom stereocenters. The summed E-state index contributed by atoms with van der Waals surface area (Å²) in [5, 5.41) is 0. The molecule has 1 radical (unpaired) electrons. The monoisotopic (exact) mass is 303 g/mol. The van der Waals surface area contributed by atoms with Gasteiger partial charge in [0, 0.05) is 32.7 Å². The number of methoxy groups -OCH3 is 1. The third-order valence-electron chi connectivity index (χ3n) is 2.28. The smallest absolute Gasteiger partial charge is 0.127 e. The van der Waals surface area contributed by atoms with Crippen molar-refractivity contribution < 1.29 is 42.2 Å². The molecule has 85 valence electrons. The van der Waals surface area contributed by atoms with Crippen molar-refractivity contribution in [3.8, 4) is 17.2 Å². The van der Waals surface area contributed by atoms with E-state index in [9.17, 15) is 0 Å². The first-order valence-electron chi connectivity index (χ1n) is 5.16. The first-order valence-corrected chi connectivity index (χ1v) is 5.16. The minimum absolute atomic E-state index is 0. The van der Waals surface area contributed by atoms with Gasteiger partial charge in [0.15, 0.2) is 0 Å². The van der Waals surface area contributed by atoms with E-state index in [1.54, 1.807) is 7.11 Å². The molecule has 0 amide bonds. The van der Waals surface area contributed by atoms with Crippen molar-refractivity contribution in [1.29, 1.82) is 0 Å². The van der Waals surface area contributed by atoms with Gasteiger partial charge in [-0.25, -0.2) is 0 Å². The summed E-state index contributed by atoms with van der Waals surface area (Å²) in [5.41, 5.74) is 1.19. The van der Waals surface area contributed by atoms with Crippen molar-refractivity contribution in [2.75, 3.05) is 7.11 Å². The Morgan fingerprint density at radius 2 is 1.47 bits per heavy atom. The molecular weight excluding hydrogens is 289 g/mol. The van der Waals surface area contributed by atoms with E-state index < -0.39 is 0 Å². The van der Waals surface area contributed by atoms with Crippen LogP contribution in [0.1, 0.15) is 5.56 Å². The Hall–Kier alpha value is -0.856. The van der Waals surface area contributed by atoms with Crippen molar-refractivity contribution in [1.82, 2.24) is 0 Å². The van der Waals surface area contributed by atoms with E-state index in [0.717, 1.165) is 17.2 Å². The molecule has 2 aromatic carbocycles. The Balaban J connectivity index is 0.00000144. The normalized spacial score (nSPS) is 9.29. The molecule has 0 saturated carbocycles. The minimum Gasteiger partial charge on any atom is -0.497 e. The zero-order chi connectivity index (χ0) is 11.4. The van der Waals surface area contributed by atoms with E-state index in [2.05, 4.69) is 0 Å². The first-order chi connectivity index (χ1) is 7.78. The van der Waals surface area contributed by atoms with Crippen LogP contribution in [0.25, 0.3) is 0 Å². The van der Waals surface area contributed by atoms with Crippen LogP contribution in [0, 0.1) is 6.92 Å². The summed E-state index contributed by atoms with van der Waals surface area (Å²) in [7, 11) is 1.65. The Kier molecular flexibility index (Phi) is 5.66. The van der Waals surface area contributed by atoms with Gasteiger partial charge in [0.2, 0.25) is 0 Å². The van der Waals surface area contributed by atoms with Gasteiger partial charge in [-0.3, -0.25) is 0 Å². The summed E-state index contributed by atoms with van der Waals surface area (Å²) in [5.74, 6) is 2.49. The second kappa shape index (κ2) is 6.78. The predicted octanol–water partition coefficient (Wildman–Crippen LogP) is 3.79. The van der Waals surface area contributed by atoms with Crippen LogP contribution >= 0.6 is 0 Å². The van der Waals surface area contributed by atoms with Gasteiger partial charge in [0.05, 0.1) is 7.11 Å². The number of rotatable bonds is 3. The molecule has 2 nitrogen and oxygen atoms in total. The second-order valence-electron chi connectivity index (χ2n) is 3.59. The maximum absolute atomic E-state index is 5.70. The first kappa shape index (κ1) is 14.2. The maximum Gasteiger partial charge on any atom is 0.127 e. The molecule has 0 atom stereocenters. The van der Waals surface area contributed by atoms with Gasteiger partial charge in [-0.05, 0) is 48.9 Å². The number of benzene rings is 2. The van der Waals surface area contributed by atoms with Crippen LogP contribution < -0.4 is 9.47 Å². The molecule has 0 spiro atoms. The average molecular weight is 303 g/mol. The van der Waals surface area contributed by atoms with Crippen LogP contribution in [-0.4, -0.2) is 7.11 Å². The molecule has 17 heavy (non-hydrogen) atoms. The molecule has 3 heteroatoms. The van der Waals surface area contributed by atoms with Crippen LogP contribution in [0.15, 0.2) is 48.5 Å². The van der Waals surface area contributed by atoms with E-state index in [1.165, 1.54) is 5.56 Å². The summed E-state index contributed by atoms with van der Waals surface area (Å²) in [6.07, 6.45) is 0. The van der Waals surface area contributed by atoms with E-state index in [4.69, 9.17) is 9.47 Å². The molecular formula is C14H14O2Y. The Bertz CT molecular complexity index is 466. The molecule has 0 saturated heterocycles. The molecule has 2 aromatic rings. The van der Waals surface area contributed by atoms with Crippen molar-refractivity contribution in [3.05, 3.63) is 54.1 Å². The zero-order valence-corrected chi connectivity index (χ0v) is 12.9. The van der Waals surface area contributed by atoms with Gasteiger partial charge in [-0.1, -0.05) is 12.1 Å². The minimum atomic E-state index is 0. The Morgan fingerprint density at radius 1 is 0.824 bits per heavy atom. The standard InChI is InChI=1S/C14H14O2.Y/c1-11-4-3-5-14(10-11)16-13-8-6-12(15-2)7-9-13;/h3-10H,1-2H3;. The van der Waals surface area contributed by atoms with E-state index in [1.807, 2.05) is 55.5 Å². The topological polar surface area (TPSA) is 18.5 Å². The third-order valence-corrected chi connectivity index (χ3v) is 2.28. The van der Waals surface area contributed by atoms with Crippen LogP contribution in [-0.2, 0) is 32.7 Å². The molecule has 0 N–H and O–H groups in total. The summed E-state index contributed by atoms with van der Waals surface area (Å²) in [6.45, 7) is 2.04. The fourth-order valence-electron chi connectivity index (χ4n) is 1.46. The van der Waals surface area contributed by atoms with E-state index in [-0.39, 0.29) is 32.7 Å². The van der Waals surface area contributed by atoms with E-state index in [0.29, 0.717) is 0 Å². The van der Waals surface area contributed by atoms with Crippen LogP contribution in [0.5, 0.6) is 17.2 Å². The molecule has 0 heterocycles. The fourth-order valence-corrected chi connectivity index (χ4v) is 1.46. The van der Waals surface area contributed by atoms with Gasteiger partial charge in [0.1, 0.15) is 17.2 Å². The van der Waals surface area contributed by atoms with Crippen molar-refractivity contribution in [3.63, 3.8) is 0 Å². The molecule has 0 aromatic heterocycles. The molecule has 0 fully saturated rings. The Labute approximate surface area is 127 Å². The molecule has 0 aliphatic carbocycles. The van der Waals surface area contributed by atoms with Crippen molar-refractivity contribution in [2.24, 2.45) is 0 Å². The summed E-state index contributed by atoms with van der Waals surface area (Å²) >= 11 is 0. The van der Waals surface area contributed by atoms with Crippen LogP contribution in [0.4, 0.5) is 0 Å². The van der Waals surface area contributed by atoms with Crippen LogP contribution in [0.3, 0.4) is 0 Å². The molecule has 0 aliphatic rings. The quantitative estimate of drug-likeness (QED) is 0.859.